The van der Waals surface area contributed by atoms with Gasteiger partial charge in [0.1, 0.15) is 22.1 Å². The maximum Gasteiger partial charge on any atom is 0.306 e. The van der Waals surface area contributed by atoms with Gasteiger partial charge in [-0.2, -0.15) is 0 Å². The quantitative estimate of drug-likeness (QED) is 0.417. The predicted molar refractivity (Wildman–Crippen MR) is 145 cm³/mol. The van der Waals surface area contributed by atoms with Crippen LogP contribution in [0.3, 0.4) is 0 Å². The zero-order chi connectivity index (χ0) is 28.9. The molecule has 0 saturated carbocycles. The number of fused-ring (bicyclic) bond motifs is 2. The molecule has 2 aromatic carbocycles. The number of H-pyrrole nitrogens is 1. The number of Topliss-reactive ketones (excluding diaryl/α,β-unsaturated/α-hetero) is 2. The van der Waals surface area contributed by atoms with Gasteiger partial charge in [-0.25, -0.2) is 0 Å². The van der Waals surface area contributed by atoms with E-state index in [-0.39, 0.29) is 45.4 Å². The minimum atomic E-state index is -2.06. The first kappa shape index (κ1) is 27.3. The third-order valence-corrected chi connectivity index (χ3v) is 7.97. The number of ether oxygens (including phenoxy) is 4. The van der Waals surface area contributed by atoms with Crippen LogP contribution in [0.2, 0.25) is 5.02 Å². The van der Waals surface area contributed by atoms with Crippen LogP contribution < -0.4 is 19.8 Å². The molecular formula is C29H26ClNO9. The number of hydrogen-bond acceptors (Lipinski definition) is 9. The van der Waals surface area contributed by atoms with Crippen LogP contribution in [0, 0.1) is 5.92 Å². The number of carbonyl (C=O) groups is 3. The molecule has 1 spiro atoms. The van der Waals surface area contributed by atoms with Gasteiger partial charge in [0, 0.05) is 41.0 Å². The zero-order valence-electron chi connectivity index (χ0n) is 22.1. The van der Waals surface area contributed by atoms with Gasteiger partial charge in [-0.15, -0.1) is 0 Å². The average Bonchev–Trinajstić information content (AvgIpc) is 3.26. The van der Waals surface area contributed by atoms with Gasteiger partial charge in [0.2, 0.25) is 11.4 Å². The number of aromatic nitrogens is 1. The summed E-state index contributed by atoms with van der Waals surface area (Å²) in [5.41, 5.74) is -2.34. The lowest BCUT2D eigenvalue weighted by atomic mass is 9.69. The van der Waals surface area contributed by atoms with Gasteiger partial charge >= 0.3 is 5.97 Å². The van der Waals surface area contributed by atoms with Crippen molar-refractivity contribution in [3.63, 3.8) is 0 Å². The molecule has 208 valence electrons. The number of nitrogens with one attached hydrogen (secondary N) is 1. The van der Waals surface area contributed by atoms with Crippen LogP contribution in [-0.2, 0) is 14.3 Å². The molecule has 1 aliphatic heterocycles. The second kappa shape index (κ2) is 10.0. The van der Waals surface area contributed by atoms with Crippen molar-refractivity contribution in [3.8, 4) is 17.2 Å². The fourth-order valence-electron chi connectivity index (χ4n) is 5.58. The van der Waals surface area contributed by atoms with Crippen LogP contribution in [0.15, 0.2) is 52.5 Å². The van der Waals surface area contributed by atoms with E-state index in [9.17, 15) is 24.3 Å². The second-order valence-corrected chi connectivity index (χ2v) is 10.1. The molecule has 1 aliphatic carbocycles. The highest BCUT2D eigenvalue weighted by molar-refractivity contribution is 6.35. The Hall–Kier alpha value is -4.31. The number of para-hydroxylation sites is 1. The van der Waals surface area contributed by atoms with Gasteiger partial charge in [-0.1, -0.05) is 36.7 Å². The van der Waals surface area contributed by atoms with Crippen molar-refractivity contribution in [2.75, 3.05) is 21.3 Å². The van der Waals surface area contributed by atoms with E-state index in [2.05, 4.69) is 4.98 Å². The van der Waals surface area contributed by atoms with Crippen molar-refractivity contribution < 1.29 is 38.4 Å². The zero-order valence-corrected chi connectivity index (χ0v) is 22.9. The fraction of sp³-hybridized carbons (Fsp3) is 0.310. The van der Waals surface area contributed by atoms with Crippen molar-refractivity contribution in [1.29, 1.82) is 0 Å². The highest BCUT2D eigenvalue weighted by Gasteiger charge is 2.61. The number of benzene rings is 2. The van der Waals surface area contributed by atoms with Crippen LogP contribution in [-0.4, -0.2) is 54.6 Å². The van der Waals surface area contributed by atoms with Gasteiger partial charge in [-0.05, 0) is 17.5 Å². The van der Waals surface area contributed by atoms with E-state index in [0.29, 0.717) is 10.9 Å². The molecule has 0 saturated heterocycles. The standard InChI is InChI=1S/C29H26ClNO9/c1-13-9-18(32)22(15(11-21(33)39-4)16-10-14-7-5-6-8-17(14)31-28(16)36)26(34)29(13)27(35)23-19(37-2)12-20(38-3)24(30)25(23)40-29/h5-8,10,12-13,15,34H,9,11H2,1-4H3,(H,31,36)/t13-,15+,29+/m1/s1. The summed E-state index contributed by atoms with van der Waals surface area (Å²) in [4.78, 5) is 56.2. The molecule has 0 unspecified atom stereocenters. The van der Waals surface area contributed by atoms with E-state index in [1.807, 2.05) is 0 Å². The molecule has 0 bridgehead atoms. The Bertz CT molecular complexity index is 1670. The smallest absolute Gasteiger partial charge is 0.306 e. The van der Waals surface area contributed by atoms with E-state index in [0.717, 1.165) is 0 Å². The summed E-state index contributed by atoms with van der Waals surface area (Å²) in [5.74, 6) is -4.52. The van der Waals surface area contributed by atoms with Gasteiger partial charge in [0.05, 0.1) is 27.8 Å². The minimum absolute atomic E-state index is 0.0148. The van der Waals surface area contributed by atoms with Crippen LogP contribution in [0.4, 0.5) is 0 Å². The van der Waals surface area contributed by atoms with Crippen molar-refractivity contribution in [2.45, 2.75) is 31.3 Å². The molecule has 5 rings (SSSR count). The number of rotatable bonds is 6. The minimum Gasteiger partial charge on any atom is -0.507 e. The number of allylic oxidation sites excluding steroid dienone is 1. The van der Waals surface area contributed by atoms with E-state index in [1.54, 1.807) is 37.3 Å². The second-order valence-electron chi connectivity index (χ2n) is 9.73. The predicted octanol–water partition coefficient (Wildman–Crippen LogP) is 4.28. The van der Waals surface area contributed by atoms with Crippen LogP contribution in [0.1, 0.15) is 41.6 Å². The summed E-state index contributed by atoms with van der Waals surface area (Å²) in [5, 5.41) is 12.5. The number of aromatic amines is 1. The summed E-state index contributed by atoms with van der Waals surface area (Å²) >= 11 is 6.50. The first-order chi connectivity index (χ1) is 19.1. The van der Waals surface area contributed by atoms with Crippen molar-refractivity contribution >= 4 is 40.0 Å². The molecule has 3 atom stereocenters. The van der Waals surface area contributed by atoms with Crippen molar-refractivity contribution in [3.05, 3.63) is 74.2 Å². The molecule has 2 heterocycles. The molecule has 2 aliphatic rings. The Morgan fingerprint density at radius 3 is 2.52 bits per heavy atom. The Morgan fingerprint density at radius 2 is 1.85 bits per heavy atom. The van der Waals surface area contributed by atoms with Crippen LogP contribution in [0.5, 0.6) is 17.2 Å². The summed E-state index contributed by atoms with van der Waals surface area (Å²) in [6.45, 7) is 1.59. The van der Waals surface area contributed by atoms with E-state index in [4.69, 9.17) is 30.5 Å². The van der Waals surface area contributed by atoms with Crippen molar-refractivity contribution in [2.24, 2.45) is 5.92 Å². The highest BCUT2D eigenvalue weighted by atomic mass is 35.5. The number of pyridine rings is 1. The molecule has 40 heavy (non-hydrogen) atoms. The monoisotopic (exact) mass is 567 g/mol. The van der Waals surface area contributed by atoms with E-state index < -0.39 is 52.7 Å². The first-order valence-electron chi connectivity index (χ1n) is 12.4. The lowest BCUT2D eigenvalue weighted by molar-refractivity contribution is -0.140. The molecule has 1 aromatic heterocycles. The molecule has 10 nitrogen and oxygen atoms in total. The van der Waals surface area contributed by atoms with Gasteiger partial charge < -0.3 is 29.0 Å². The molecule has 2 N–H and O–H groups in total. The summed E-state index contributed by atoms with van der Waals surface area (Å²) in [6, 6.07) is 9.97. The van der Waals surface area contributed by atoms with Crippen molar-refractivity contribution in [1.82, 2.24) is 4.98 Å². The van der Waals surface area contributed by atoms with Gasteiger partial charge in [0.25, 0.3) is 5.56 Å². The molecule has 0 radical (unpaired) electrons. The first-order valence-corrected chi connectivity index (χ1v) is 12.8. The molecule has 0 fully saturated rings. The van der Waals surface area contributed by atoms with E-state index in [1.165, 1.54) is 27.4 Å². The molecule has 3 aromatic rings. The average molecular weight is 568 g/mol. The maximum absolute atomic E-state index is 14.1. The summed E-state index contributed by atoms with van der Waals surface area (Å²) in [7, 11) is 3.91. The van der Waals surface area contributed by atoms with Crippen LogP contribution >= 0.6 is 11.6 Å². The molecular weight excluding hydrogens is 542 g/mol. The summed E-state index contributed by atoms with van der Waals surface area (Å²) in [6.07, 6.45) is -0.675. The third kappa shape index (κ3) is 3.93. The number of hydrogen-bond donors (Lipinski definition) is 2. The number of esters is 1. The number of aliphatic hydroxyl groups excluding tert-OH is 1. The SMILES string of the molecule is COC(=O)C[C@H](C1=C(O)[C@@]2(Oc3c(Cl)c(OC)cc(OC)c3C2=O)[C@H](C)CC1=O)c1cc2ccccc2[nH]c1=O. The number of ketones is 2. The Kier molecular flexibility index (Phi) is 6.83. The summed E-state index contributed by atoms with van der Waals surface area (Å²) < 4.78 is 21.7. The largest absolute Gasteiger partial charge is 0.507 e. The van der Waals surface area contributed by atoms with Gasteiger partial charge in [0.15, 0.2) is 17.3 Å². The number of halogens is 1. The van der Waals surface area contributed by atoms with Gasteiger partial charge in [-0.3, -0.25) is 19.2 Å². The topological polar surface area (TPSA) is 141 Å². The third-order valence-electron chi connectivity index (χ3n) is 7.62. The molecule has 11 heteroatoms. The molecule has 0 amide bonds. The lowest BCUT2D eigenvalue weighted by Crippen LogP contribution is -2.53. The number of carbonyl (C=O) groups excluding carboxylic acids is 3. The number of aliphatic hydroxyl groups is 1. The number of methoxy groups -OCH3 is 3. The normalized spacial score (nSPS) is 20.9. The highest BCUT2D eigenvalue weighted by Crippen LogP contribution is 2.55. The fourth-order valence-corrected chi connectivity index (χ4v) is 5.84. The van der Waals surface area contributed by atoms with Crippen LogP contribution in [0.25, 0.3) is 10.9 Å². The Balaban J connectivity index is 1.76. The Labute approximate surface area is 233 Å². The maximum atomic E-state index is 14.1. The van der Waals surface area contributed by atoms with E-state index >= 15 is 0 Å². The Morgan fingerprint density at radius 1 is 1.15 bits per heavy atom. The lowest BCUT2D eigenvalue weighted by Gasteiger charge is -2.38.